The van der Waals surface area contributed by atoms with Crippen LogP contribution in [0, 0.1) is 0 Å². The molecule has 0 aromatic heterocycles. The van der Waals surface area contributed by atoms with Gasteiger partial charge in [-0.3, -0.25) is 4.79 Å². The summed E-state index contributed by atoms with van der Waals surface area (Å²) in [5.74, 6) is -6.07. The Morgan fingerprint density at radius 3 is 1.56 bits per heavy atom. The van der Waals surface area contributed by atoms with Crippen molar-refractivity contribution in [2.24, 2.45) is 0 Å². The van der Waals surface area contributed by atoms with Crippen LogP contribution in [0.25, 0.3) is 5.57 Å². The Balaban J connectivity index is 0.00000363. The van der Waals surface area contributed by atoms with Gasteiger partial charge in [-0.2, -0.15) is 0 Å². The number of carboxylic acids is 3. The summed E-state index contributed by atoms with van der Waals surface area (Å²) < 4.78 is 0. The van der Waals surface area contributed by atoms with Crippen molar-refractivity contribution < 1.29 is 44.7 Å². The zero-order valence-corrected chi connectivity index (χ0v) is 18.6. The maximum absolute atomic E-state index is 11.9. The van der Waals surface area contributed by atoms with Gasteiger partial charge in [0.05, 0.1) is 0 Å². The van der Waals surface area contributed by atoms with Gasteiger partial charge in [0.25, 0.3) is 0 Å². The summed E-state index contributed by atoms with van der Waals surface area (Å²) >= 11 is 0. The number of aromatic hydroxyl groups is 2. The Hall–Kier alpha value is -3.66. The van der Waals surface area contributed by atoms with Crippen molar-refractivity contribution in [2.45, 2.75) is 0 Å². The smallest absolute Gasteiger partial charge is 0.339 e. The average molecular weight is 445 g/mol. The zero-order chi connectivity index (χ0) is 22.9. The minimum Gasteiger partial charge on any atom is -0.507 e. The molecule has 2 aromatic rings. The van der Waals surface area contributed by atoms with E-state index in [1.54, 1.807) is 0 Å². The van der Waals surface area contributed by atoms with Crippen LogP contribution in [0.4, 0.5) is 0 Å². The molecule has 0 bridgehead atoms. The third-order valence-electron chi connectivity index (χ3n) is 4.53. The van der Waals surface area contributed by atoms with Crippen LogP contribution in [0.5, 0.6) is 11.5 Å². The number of carboxylic acid groups (broad SMARTS) is 3. The van der Waals surface area contributed by atoms with E-state index < -0.39 is 51.9 Å². The summed E-state index contributed by atoms with van der Waals surface area (Å²) in [6.45, 7) is 0. The number of carbonyl (C=O) groups is 4. The molecule has 0 fully saturated rings. The van der Waals surface area contributed by atoms with Crippen LogP contribution in [0.3, 0.4) is 0 Å². The number of ketones is 1. The van der Waals surface area contributed by atoms with Gasteiger partial charge in [-0.15, -0.1) is 0 Å². The van der Waals surface area contributed by atoms with Gasteiger partial charge >= 0.3 is 17.9 Å². The second-order valence-corrected chi connectivity index (χ2v) is 6.47. The molecule has 10 heteroatoms. The van der Waals surface area contributed by atoms with Crippen molar-refractivity contribution in [2.75, 3.05) is 0 Å². The van der Waals surface area contributed by atoms with Gasteiger partial charge in [-0.25, -0.2) is 14.4 Å². The van der Waals surface area contributed by atoms with E-state index in [1.165, 1.54) is 18.2 Å². The predicted molar refractivity (Wildman–Crippen MR) is 112 cm³/mol. The Bertz CT molecular complexity index is 1190. The van der Waals surface area contributed by atoms with E-state index in [4.69, 9.17) is 0 Å². The van der Waals surface area contributed by atoms with Crippen LogP contribution >= 0.6 is 0 Å². The first kappa shape index (κ1) is 24.6. The zero-order valence-electron chi connectivity index (χ0n) is 16.6. The Labute approximate surface area is 202 Å². The quantitative estimate of drug-likeness (QED) is 0.341. The number of aromatic carboxylic acids is 2. The van der Waals surface area contributed by atoms with Crippen LogP contribution in [-0.2, 0) is 9.59 Å². The molecule has 1 aliphatic rings. The molecule has 0 atom stereocenters. The number of hydrogen-bond donors (Lipinski definition) is 5. The van der Waals surface area contributed by atoms with E-state index in [2.05, 4.69) is 0 Å². The SMILES string of the molecule is O=C(O)C1=CC(=C(c2ccc(O)c(C(=O)O)c2)c2ccc(O)c(C(=O)O)c2)C=CC1=O.[Na]. The maximum atomic E-state index is 11.9. The predicted octanol–water partition coefficient (Wildman–Crippen LogP) is 2.07. The monoisotopic (exact) mass is 445 g/mol. The third-order valence-corrected chi connectivity index (χ3v) is 4.53. The Morgan fingerprint density at radius 2 is 1.16 bits per heavy atom. The molecule has 1 radical (unpaired) electrons. The van der Waals surface area contributed by atoms with E-state index in [0.717, 1.165) is 36.4 Å². The second-order valence-electron chi connectivity index (χ2n) is 6.47. The largest absolute Gasteiger partial charge is 0.507 e. The summed E-state index contributed by atoms with van der Waals surface area (Å²) in [4.78, 5) is 46.2. The molecule has 0 aliphatic heterocycles. The number of benzene rings is 2. The van der Waals surface area contributed by atoms with Crippen molar-refractivity contribution in [1.82, 2.24) is 0 Å². The first-order chi connectivity index (χ1) is 14.6. The fourth-order valence-corrected chi connectivity index (χ4v) is 3.08. The number of aliphatic carboxylic acids is 1. The van der Waals surface area contributed by atoms with E-state index >= 15 is 0 Å². The standard InChI is InChI=1S/C22H14O9.Na/c23-16-4-1-10(7-13(16)20(26)27)19(11-2-5-17(24)14(8-11)21(28)29)12-3-6-18(25)15(9-12)22(30)31;/h1-9,23-24H,(H,26,27)(H,28,29)(H,30,31);. The van der Waals surface area contributed by atoms with Gasteiger partial charge in [-0.05, 0) is 58.7 Å². The van der Waals surface area contributed by atoms with Crippen LogP contribution in [-0.4, -0.2) is 78.8 Å². The number of hydrogen-bond acceptors (Lipinski definition) is 6. The molecule has 5 N–H and O–H groups in total. The minimum atomic E-state index is -1.47. The molecule has 0 amide bonds. The fourth-order valence-electron chi connectivity index (χ4n) is 3.08. The van der Waals surface area contributed by atoms with E-state index in [1.807, 2.05) is 0 Å². The summed E-state index contributed by atoms with van der Waals surface area (Å²) in [6.07, 6.45) is 3.42. The molecule has 0 saturated heterocycles. The van der Waals surface area contributed by atoms with Gasteiger partial charge in [-0.1, -0.05) is 18.2 Å². The van der Waals surface area contributed by atoms with Gasteiger partial charge in [0, 0.05) is 29.6 Å². The summed E-state index contributed by atoms with van der Waals surface area (Å²) in [5.41, 5.74) is -0.644. The molecule has 0 spiro atoms. The molecule has 1 aliphatic carbocycles. The Kier molecular flexibility index (Phi) is 7.42. The maximum Gasteiger partial charge on any atom is 0.339 e. The van der Waals surface area contributed by atoms with Crippen LogP contribution in [0.1, 0.15) is 31.8 Å². The summed E-state index contributed by atoms with van der Waals surface area (Å²) in [7, 11) is 0. The van der Waals surface area contributed by atoms with Crippen molar-refractivity contribution >= 4 is 58.8 Å². The first-order valence-corrected chi connectivity index (χ1v) is 8.65. The van der Waals surface area contributed by atoms with Gasteiger partial charge in [0.2, 0.25) is 0 Å². The molecule has 9 nitrogen and oxygen atoms in total. The van der Waals surface area contributed by atoms with Crippen molar-refractivity contribution in [3.63, 3.8) is 0 Å². The molecule has 32 heavy (non-hydrogen) atoms. The van der Waals surface area contributed by atoms with E-state index in [9.17, 15) is 44.7 Å². The fraction of sp³-hybridized carbons (Fsp3) is 0. The summed E-state index contributed by atoms with van der Waals surface area (Å²) in [5, 5.41) is 47.6. The molecule has 157 valence electrons. The molecule has 0 saturated carbocycles. The van der Waals surface area contributed by atoms with Crippen LogP contribution < -0.4 is 0 Å². The topological polar surface area (TPSA) is 169 Å². The molecule has 2 aromatic carbocycles. The number of rotatable bonds is 5. The van der Waals surface area contributed by atoms with E-state index in [0.29, 0.717) is 0 Å². The second kappa shape index (κ2) is 9.65. The minimum absolute atomic E-state index is 0. The number of phenols is 2. The van der Waals surface area contributed by atoms with E-state index in [-0.39, 0.29) is 51.8 Å². The molecule has 3 rings (SSSR count). The molecule has 0 heterocycles. The van der Waals surface area contributed by atoms with Crippen LogP contribution in [0.15, 0.2) is 65.8 Å². The third kappa shape index (κ3) is 4.80. The molecule has 0 unspecified atom stereocenters. The Morgan fingerprint density at radius 1 is 0.688 bits per heavy atom. The van der Waals surface area contributed by atoms with Gasteiger partial charge < -0.3 is 25.5 Å². The van der Waals surface area contributed by atoms with Crippen LogP contribution in [0.2, 0.25) is 0 Å². The average Bonchev–Trinajstić information content (AvgIpc) is 2.71. The number of carbonyl (C=O) groups excluding carboxylic acids is 1. The van der Waals surface area contributed by atoms with Crippen molar-refractivity contribution in [1.29, 1.82) is 0 Å². The molecular weight excluding hydrogens is 431 g/mol. The number of allylic oxidation sites excluding steroid dienone is 4. The van der Waals surface area contributed by atoms with Crippen molar-refractivity contribution in [3.05, 3.63) is 88.0 Å². The van der Waals surface area contributed by atoms with Gasteiger partial charge in [0.1, 0.15) is 28.2 Å². The normalized spacial score (nSPS) is 12.6. The van der Waals surface area contributed by atoms with Gasteiger partial charge in [0.15, 0.2) is 5.78 Å². The van der Waals surface area contributed by atoms with Crippen molar-refractivity contribution in [3.8, 4) is 11.5 Å². The first-order valence-electron chi connectivity index (χ1n) is 8.65. The summed E-state index contributed by atoms with van der Waals surface area (Å²) in [6, 6.07) is 7.22. The molecular formula is C22H14NaO9.